The minimum Gasteiger partial charge on any atom is -0.467 e. The van der Waals surface area contributed by atoms with Crippen molar-refractivity contribution in [3.05, 3.63) is 80.9 Å². The van der Waals surface area contributed by atoms with Gasteiger partial charge >= 0.3 is 5.97 Å². The summed E-state index contributed by atoms with van der Waals surface area (Å²) in [5.41, 5.74) is 5.40. The van der Waals surface area contributed by atoms with Crippen molar-refractivity contribution >= 4 is 25.9 Å². The second kappa shape index (κ2) is 13.8. The number of hydrogen-bond donors (Lipinski definition) is 0. The van der Waals surface area contributed by atoms with Gasteiger partial charge in [0, 0.05) is 17.0 Å². The average Bonchev–Trinajstić information content (AvgIpc) is 3.29. The van der Waals surface area contributed by atoms with E-state index in [-0.39, 0.29) is 30.1 Å². The molecule has 1 saturated heterocycles. The van der Waals surface area contributed by atoms with Crippen LogP contribution in [0.3, 0.4) is 0 Å². The number of allylic oxidation sites excluding steroid dienone is 1. The summed E-state index contributed by atoms with van der Waals surface area (Å²) in [5.74, 6) is -0.338. The van der Waals surface area contributed by atoms with Crippen molar-refractivity contribution in [3.8, 4) is 0 Å². The molecule has 0 aliphatic carbocycles. The number of aryl methyl sites for hydroxylation is 3. The van der Waals surface area contributed by atoms with E-state index in [9.17, 15) is 4.79 Å². The highest BCUT2D eigenvalue weighted by molar-refractivity contribution is 6.74. The number of carbonyl (C=O) groups is 1. The zero-order valence-electron chi connectivity index (χ0n) is 27.5. The lowest BCUT2D eigenvalue weighted by atomic mass is 9.95. The van der Waals surface area contributed by atoms with Crippen LogP contribution in [0.4, 0.5) is 0 Å². The molecular formula is C35H51ClO5Si. The Morgan fingerprint density at radius 3 is 2.38 bits per heavy atom. The Bertz CT molecular complexity index is 1260. The van der Waals surface area contributed by atoms with Gasteiger partial charge < -0.3 is 18.6 Å². The maximum Gasteiger partial charge on any atom is 0.341 e. The Morgan fingerprint density at radius 1 is 1.17 bits per heavy atom. The highest BCUT2D eigenvalue weighted by Gasteiger charge is 2.50. The fraction of sp³-hybridized carbons (Fsp3) is 0.571. The number of halogens is 1. The highest BCUT2D eigenvalue weighted by atomic mass is 35.5. The minimum atomic E-state index is -1.90. The summed E-state index contributed by atoms with van der Waals surface area (Å²) in [6.07, 6.45) is 3.36. The van der Waals surface area contributed by atoms with E-state index in [0.717, 1.165) is 29.5 Å². The van der Waals surface area contributed by atoms with Crippen molar-refractivity contribution in [1.82, 2.24) is 0 Å². The van der Waals surface area contributed by atoms with E-state index < -0.39 is 26.2 Å². The molecule has 1 aliphatic rings. The van der Waals surface area contributed by atoms with Gasteiger partial charge in [0.15, 0.2) is 20.2 Å². The second-order valence-electron chi connectivity index (χ2n) is 13.6. The molecule has 0 radical (unpaired) electrons. The normalized spacial score (nSPS) is 21.3. The standard InChI is InChI=1S/C35H51ClO5Si/c1-12-30(41-42(10,11)34(6,7)8)28-15-13-14-27(20-28)18-24(3)19-29(36)21-35(33(37)38-9)22-39-32(40-35)31-25(4)16-23(2)17-26(31)5/h13-17,19-20,24,30,32H,12,18,21-22H2,1-11H3/b29-19-/t24-,30-,32+,35+/m0/s1. The molecule has 4 atom stereocenters. The van der Waals surface area contributed by atoms with E-state index in [1.54, 1.807) is 0 Å². The fourth-order valence-corrected chi connectivity index (χ4v) is 7.36. The maximum absolute atomic E-state index is 13.0. The smallest absolute Gasteiger partial charge is 0.341 e. The van der Waals surface area contributed by atoms with Crippen molar-refractivity contribution in [1.29, 1.82) is 0 Å². The van der Waals surface area contributed by atoms with Gasteiger partial charge in [-0.05, 0) is 79.9 Å². The molecule has 7 heteroatoms. The number of ether oxygens (including phenoxy) is 3. The largest absolute Gasteiger partial charge is 0.467 e. The van der Waals surface area contributed by atoms with Crippen molar-refractivity contribution in [3.63, 3.8) is 0 Å². The van der Waals surface area contributed by atoms with Gasteiger partial charge in [-0.2, -0.15) is 0 Å². The number of carbonyl (C=O) groups excluding carboxylic acids is 1. The van der Waals surface area contributed by atoms with Gasteiger partial charge in [-0.25, -0.2) is 4.79 Å². The molecule has 0 amide bonds. The Balaban J connectivity index is 1.75. The molecule has 2 aromatic carbocycles. The summed E-state index contributed by atoms with van der Waals surface area (Å²) in [7, 11) is -0.533. The van der Waals surface area contributed by atoms with Crippen LogP contribution in [0.5, 0.6) is 0 Å². The van der Waals surface area contributed by atoms with Crippen LogP contribution >= 0.6 is 11.6 Å². The molecule has 1 aliphatic heterocycles. The number of esters is 1. The van der Waals surface area contributed by atoms with Crippen LogP contribution in [0.25, 0.3) is 0 Å². The summed E-state index contributed by atoms with van der Waals surface area (Å²) < 4.78 is 24.4. The number of methoxy groups -OCH3 is 1. The van der Waals surface area contributed by atoms with Gasteiger partial charge in [0.1, 0.15) is 0 Å². The molecule has 1 heterocycles. The van der Waals surface area contributed by atoms with Gasteiger partial charge in [-0.15, -0.1) is 0 Å². The first kappa shape index (κ1) is 34.5. The van der Waals surface area contributed by atoms with E-state index in [1.165, 1.54) is 23.8 Å². The van der Waals surface area contributed by atoms with Crippen LogP contribution in [0, 0.1) is 26.7 Å². The number of rotatable bonds is 11. The molecule has 232 valence electrons. The van der Waals surface area contributed by atoms with Gasteiger partial charge in [0.25, 0.3) is 0 Å². The van der Waals surface area contributed by atoms with E-state index in [4.69, 9.17) is 30.2 Å². The van der Waals surface area contributed by atoms with Crippen molar-refractivity contribution in [2.45, 2.75) is 111 Å². The predicted octanol–water partition coefficient (Wildman–Crippen LogP) is 9.43. The maximum atomic E-state index is 13.0. The summed E-state index contributed by atoms with van der Waals surface area (Å²) in [4.78, 5) is 13.0. The predicted molar refractivity (Wildman–Crippen MR) is 174 cm³/mol. The molecular weight excluding hydrogens is 564 g/mol. The topological polar surface area (TPSA) is 54.0 Å². The third-order valence-electron chi connectivity index (χ3n) is 8.75. The van der Waals surface area contributed by atoms with Gasteiger partial charge in [-0.1, -0.05) is 94.3 Å². The molecule has 0 saturated carbocycles. The third kappa shape index (κ3) is 8.15. The Hall–Kier alpha value is -1.96. The summed E-state index contributed by atoms with van der Waals surface area (Å²) in [5, 5.41) is 0.708. The zero-order valence-corrected chi connectivity index (χ0v) is 29.3. The molecule has 0 N–H and O–H groups in total. The van der Waals surface area contributed by atoms with Crippen molar-refractivity contribution in [2.75, 3.05) is 13.7 Å². The fourth-order valence-electron chi connectivity index (χ4n) is 5.56. The van der Waals surface area contributed by atoms with E-state index in [1.807, 2.05) is 19.9 Å². The molecule has 0 unspecified atom stereocenters. The first-order valence-electron chi connectivity index (χ1n) is 15.1. The first-order valence-corrected chi connectivity index (χ1v) is 18.4. The van der Waals surface area contributed by atoms with Crippen LogP contribution in [-0.2, 0) is 29.9 Å². The Morgan fingerprint density at radius 2 is 1.81 bits per heavy atom. The van der Waals surface area contributed by atoms with E-state index >= 15 is 0 Å². The highest BCUT2D eigenvalue weighted by Crippen LogP contribution is 2.42. The van der Waals surface area contributed by atoms with Crippen LogP contribution in [0.1, 0.15) is 93.2 Å². The summed E-state index contributed by atoms with van der Waals surface area (Å²) in [6.45, 7) is 22.0. The third-order valence-corrected chi connectivity index (χ3v) is 13.5. The SMILES string of the molecule is CC[C@H](O[Si](C)(C)C(C)(C)C)c1cccc(C[C@H](C)/C=C(\Cl)C[C@]2(C(=O)OC)CO[C@@H](c3c(C)cc(C)cc3C)O2)c1. The molecule has 1 fully saturated rings. The van der Waals surface area contributed by atoms with Crippen LogP contribution < -0.4 is 0 Å². The van der Waals surface area contributed by atoms with Crippen molar-refractivity contribution in [2.24, 2.45) is 5.92 Å². The number of hydrogen-bond acceptors (Lipinski definition) is 5. The van der Waals surface area contributed by atoms with Gasteiger partial charge in [-0.3, -0.25) is 0 Å². The van der Waals surface area contributed by atoms with Crippen LogP contribution in [-0.4, -0.2) is 33.6 Å². The zero-order chi connectivity index (χ0) is 31.5. The molecule has 3 rings (SSSR count). The van der Waals surface area contributed by atoms with Crippen LogP contribution in [0.15, 0.2) is 47.5 Å². The molecule has 0 aromatic heterocycles. The average molecular weight is 615 g/mol. The molecule has 0 spiro atoms. The number of benzene rings is 2. The monoisotopic (exact) mass is 614 g/mol. The molecule has 0 bridgehead atoms. The lowest BCUT2D eigenvalue weighted by molar-refractivity contribution is -0.169. The molecule has 5 nitrogen and oxygen atoms in total. The quantitative estimate of drug-likeness (QED) is 0.186. The second-order valence-corrected chi connectivity index (χ2v) is 18.8. The minimum absolute atomic E-state index is 0.0736. The molecule has 42 heavy (non-hydrogen) atoms. The Labute approximate surface area is 260 Å². The van der Waals surface area contributed by atoms with Crippen molar-refractivity contribution < 1.29 is 23.4 Å². The summed E-state index contributed by atoms with van der Waals surface area (Å²) >= 11 is 6.81. The summed E-state index contributed by atoms with van der Waals surface area (Å²) in [6, 6.07) is 12.9. The van der Waals surface area contributed by atoms with Gasteiger partial charge in [0.05, 0.1) is 19.8 Å². The Kier molecular flexibility index (Phi) is 11.3. The van der Waals surface area contributed by atoms with Gasteiger partial charge in [0.2, 0.25) is 0 Å². The van der Waals surface area contributed by atoms with E-state index in [0.29, 0.717) is 5.03 Å². The molecule has 2 aromatic rings. The van der Waals surface area contributed by atoms with Crippen LogP contribution in [0.2, 0.25) is 18.1 Å². The lowest BCUT2D eigenvalue weighted by Crippen LogP contribution is -2.42. The first-order chi connectivity index (χ1) is 19.5. The lowest BCUT2D eigenvalue weighted by Gasteiger charge is -2.39. The van der Waals surface area contributed by atoms with E-state index in [2.05, 4.69) is 91.0 Å².